The topological polar surface area (TPSA) is 55.8 Å². The molecule has 0 aromatic heterocycles. The molecule has 5 heteroatoms. The highest BCUT2D eigenvalue weighted by atomic mass is 16.5. The van der Waals surface area contributed by atoms with Crippen molar-refractivity contribution in [2.24, 2.45) is 5.92 Å². The minimum absolute atomic E-state index is 0.0757. The molecule has 0 bridgehead atoms. The van der Waals surface area contributed by atoms with E-state index in [1.165, 1.54) is 7.11 Å². The number of methoxy groups -OCH3 is 2. The van der Waals surface area contributed by atoms with Crippen molar-refractivity contribution in [3.05, 3.63) is 41.2 Å². The normalized spacial score (nSPS) is 17.9. The highest BCUT2D eigenvalue weighted by Gasteiger charge is 2.33. The predicted molar refractivity (Wildman–Crippen MR) is 89.4 cm³/mol. The Bertz CT molecular complexity index is 658. The van der Waals surface area contributed by atoms with E-state index in [0.29, 0.717) is 37.4 Å². The van der Waals surface area contributed by atoms with Gasteiger partial charge in [0.25, 0.3) is 5.91 Å². The lowest BCUT2D eigenvalue weighted by molar-refractivity contribution is -0.133. The summed E-state index contributed by atoms with van der Waals surface area (Å²) in [7, 11) is 3.09. The van der Waals surface area contributed by atoms with E-state index < -0.39 is 0 Å². The summed E-state index contributed by atoms with van der Waals surface area (Å²) < 4.78 is 10.4. The minimum atomic E-state index is -0.196. The molecular formula is C19H23NO4. The second kappa shape index (κ2) is 7.07. The highest BCUT2D eigenvalue weighted by molar-refractivity contribution is 6.05. The number of carbonyl (C=O) groups is 2. The maximum Gasteiger partial charge on any atom is 0.289 e. The molecule has 1 fully saturated rings. The van der Waals surface area contributed by atoms with Crippen LogP contribution in [-0.2, 0) is 20.9 Å². The third-order valence-corrected chi connectivity index (χ3v) is 4.63. The quantitative estimate of drug-likeness (QED) is 0.772. The van der Waals surface area contributed by atoms with Crippen LogP contribution in [0.2, 0.25) is 0 Å². The lowest BCUT2D eigenvalue weighted by Gasteiger charge is -2.29. The monoisotopic (exact) mass is 329 g/mol. The van der Waals surface area contributed by atoms with E-state index in [0.717, 1.165) is 24.2 Å². The van der Waals surface area contributed by atoms with E-state index in [4.69, 9.17) is 9.47 Å². The van der Waals surface area contributed by atoms with Crippen LogP contribution in [0.3, 0.4) is 0 Å². The number of carbonyl (C=O) groups excluding carboxylic acids is 2. The third kappa shape index (κ3) is 3.61. The molecular weight excluding hydrogens is 306 g/mol. The third-order valence-electron chi connectivity index (χ3n) is 4.63. The number of ketones is 1. The standard InChI is InChI=1S/C19H23NO4/c1-23-15-7-5-14(6-8-15)12-20-10-9-16(18(24-2)19(20)22)17(21)11-13-3-4-13/h5-8,13H,3-4,9-12H2,1-2H3. The summed E-state index contributed by atoms with van der Waals surface area (Å²) in [6.07, 6.45) is 3.36. The number of nitrogens with zero attached hydrogens (tertiary/aromatic N) is 1. The summed E-state index contributed by atoms with van der Waals surface area (Å²) in [5, 5.41) is 0. The van der Waals surface area contributed by atoms with Crippen molar-refractivity contribution in [1.82, 2.24) is 4.90 Å². The molecule has 0 unspecified atom stereocenters. The van der Waals surface area contributed by atoms with Gasteiger partial charge in [0, 0.05) is 25.1 Å². The first-order chi connectivity index (χ1) is 11.6. The molecule has 24 heavy (non-hydrogen) atoms. The van der Waals surface area contributed by atoms with Gasteiger partial charge in [0.2, 0.25) is 0 Å². The zero-order valence-electron chi connectivity index (χ0n) is 14.2. The number of rotatable bonds is 7. The Morgan fingerprint density at radius 2 is 1.88 bits per heavy atom. The molecule has 0 spiro atoms. The van der Waals surface area contributed by atoms with Gasteiger partial charge in [-0.2, -0.15) is 0 Å². The highest BCUT2D eigenvalue weighted by Crippen LogP contribution is 2.35. The molecule has 1 aromatic carbocycles. The summed E-state index contributed by atoms with van der Waals surface area (Å²) in [5.41, 5.74) is 1.59. The van der Waals surface area contributed by atoms with Crippen LogP contribution in [0, 0.1) is 5.92 Å². The van der Waals surface area contributed by atoms with Crippen LogP contribution < -0.4 is 4.74 Å². The van der Waals surface area contributed by atoms with Gasteiger partial charge in [-0.15, -0.1) is 0 Å². The first-order valence-corrected chi connectivity index (χ1v) is 8.35. The Labute approximate surface area is 142 Å². The SMILES string of the molecule is COC1=C(C(=O)CC2CC2)CCN(Cc2ccc(OC)cc2)C1=O. The van der Waals surface area contributed by atoms with E-state index in [1.54, 1.807) is 12.0 Å². The van der Waals surface area contributed by atoms with E-state index in [9.17, 15) is 9.59 Å². The average molecular weight is 329 g/mol. The number of Topliss-reactive ketones (excluding diaryl/α,β-unsaturated/α-hetero) is 1. The second-order valence-electron chi connectivity index (χ2n) is 6.41. The van der Waals surface area contributed by atoms with Crippen molar-refractivity contribution in [1.29, 1.82) is 0 Å². The molecule has 3 rings (SSSR count). The Kier molecular flexibility index (Phi) is 4.88. The van der Waals surface area contributed by atoms with Crippen LogP contribution in [0.1, 0.15) is 31.2 Å². The van der Waals surface area contributed by atoms with Crippen molar-refractivity contribution in [2.45, 2.75) is 32.2 Å². The fraction of sp³-hybridized carbons (Fsp3) is 0.474. The molecule has 1 aliphatic heterocycles. The number of ether oxygens (including phenoxy) is 2. The van der Waals surface area contributed by atoms with Crippen LogP contribution in [-0.4, -0.2) is 37.4 Å². The van der Waals surface area contributed by atoms with Crippen molar-refractivity contribution in [3.63, 3.8) is 0 Å². The van der Waals surface area contributed by atoms with Crippen molar-refractivity contribution in [3.8, 4) is 5.75 Å². The second-order valence-corrected chi connectivity index (χ2v) is 6.41. The molecule has 5 nitrogen and oxygen atoms in total. The largest absolute Gasteiger partial charge is 0.497 e. The van der Waals surface area contributed by atoms with Gasteiger partial charge >= 0.3 is 0 Å². The van der Waals surface area contributed by atoms with Gasteiger partial charge in [-0.05, 0) is 42.9 Å². The molecule has 0 saturated heterocycles. The van der Waals surface area contributed by atoms with Crippen LogP contribution in [0.5, 0.6) is 5.75 Å². The van der Waals surface area contributed by atoms with Gasteiger partial charge < -0.3 is 14.4 Å². The predicted octanol–water partition coefficient (Wildman–Crippen LogP) is 2.70. The molecule has 1 amide bonds. The average Bonchev–Trinajstić information content (AvgIpc) is 3.41. The van der Waals surface area contributed by atoms with Crippen LogP contribution in [0.4, 0.5) is 0 Å². The smallest absolute Gasteiger partial charge is 0.289 e. The Morgan fingerprint density at radius 1 is 1.17 bits per heavy atom. The molecule has 1 saturated carbocycles. The minimum Gasteiger partial charge on any atom is -0.497 e. The van der Waals surface area contributed by atoms with Gasteiger partial charge in [0.05, 0.1) is 14.2 Å². The number of hydrogen-bond acceptors (Lipinski definition) is 4. The Balaban J connectivity index is 1.71. The molecule has 0 N–H and O–H groups in total. The van der Waals surface area contributed by atoms with Gasteiger partial charge in [-0.3, -0.25) is 9.59 Å². The Hall–Kier alpha value is -2.30. The van der Waals surface area contributed by atoms with Gasteiger partial charge in [-0.1, -0.05) is 12.1 Å². The molecule has 2 aliphatic rings. The summed E-state index contributed by atoms with van der Waals surface area (Å²) in [5.74, 6) is 1.40. The lowest BCUT2D eigenvalue weighted by atomic mass is 9.97. The summed E-state index contributed by atoms with van der Waals surface area (Å²) >= 11 is 0. The van der Waals surface area contributed by atoms with Gasteiger partial charge in [-0.25, -0.2) is 0 Å². The first-order valence-electron chi connectivity index (χ1n) is 8.35. The summed E-state index contributed by atoms with van der Waals surface area (Å²) in [6.45, 7) is 1.04. The van der Waals surface area contributed by atoms with Crippen LogP contribution in [0.15, 0.2) is 35.6 Å². The summed E-state index contributed by atoms with van der Waals surface area (Å²) in [4.78, 5) is 26.8. The van der Waals surface area contributed by atoms with Crippen molar-refractivity contribution >= 4 is 11.7 Å². The van der Waals surface area contributed by atoms with E-state index >= 15 is 0 Å². The molecule has 1 aliphatic carbocycles. The Morgan fingerprint density at radius 3 is 2.46 bits per heavy atom. The van der Waals surface area contributed by atoms with Crippen LogP contribution in [0.25, 0.3) is 0 Å². The fourth-order valence-electron chi connectivity index (χ4n) is 3.02. The zero-order valence-corrected chi connectivity index (χ0v) is 14.2. The van der Waals surface area contributed by atoms with Gasteiger partial charge in [0.15, 0.2) is 11.5 Å². The van der Waals surface area contributed by atoms with Crippen LogP contribution >= 0.6 is 0 Å². The van der Waals surface area contributed by atoms with E-state index in [-0.39, 0.29) is 17.4 Å². The van der Waals surface area contributed by atoms with Crippen molar-refractivity contribution in [2.75, 3.05) is 20.8 Å². The zero-order chi connectivity index (χ0) is 17.1. The number of benzene rings is 1. The number of amides is 1. The maximum atomic E-state index is 12.7. The lowest BCUT2D eigenvalue weighted by Crippen LogP contribution is -2.38. The van der Waals surface area contributed by atoms with E-state index in [2.05, 4.69) is 0 Å². The molecule has 1 aromatic rings. The van der Waals surface area contributed by atoms with Crippen molar-refractivity contribution < 1.29 is 19.1 Å². The first kappa shape index (κ1) is 16.6. The van der Waals surface area contributed by atoms with E-state index in [1.807, 2.05) is 24.3 Å². The maximum absolute atomic E-state index is 12.7. The summed E-state index contributed by atoms with van der Waals surface area (Å²) in [6, 6.07) is 7.63. The molecule has 128 valence electrons. The molecule has 1 heterocycles. The fourth-order valence-corrected chi connectivity index (χ4v) is 3.02. The molecule has 0 radical (unpaired) electrons. The van der Waals surface area contributed by atoms with Gasteiger partial charge in [0.1, 0.15) is 5.75 Å². The molecule has 0 atom stereocenters. The number of hydrogen-bond donors (Lipinski definition) is 0.